The van der Waals surface area contributed by atoms with Crippen LogP contribution in [0.2, 0.25) is 0 Å². The topological polar surface area (TPSA) is 17.1 Å². The number of carbonyl (C=O) groups excluding carboxylic acids is 1. The summed E-state index contributed by atoms with van der Waals surface area (Å²) in [6.07, 6.45) is 6.45. The SMILES string of the molecule is CC1CC=C(C(=O)CC2CCCC(F)(F)C2)CC1. The lowest BCUT2D eigenvalue weighted by molar-refractivity contribution is -0.118. The van der Waals surface area contributed by atoms with Crippen molar-refractivity contribution in [3.8, 4) is 0 Å². The lowest BCUT2D eigenvalue weighted by Crippen LogP contribution is -2.27. The van der Waals surface area contributed by atoms with E-state index in [9.17, 15) is 13.6 Å². The van der Waals surface area contributed by atoms with Crippen LogP contribution >= 0.6 is 0 Å². The second-order valence-electron chi connectivity index (χ2n) is 6.05. The summed E-state index contributed by atoms with van der Waals surface area (Å²) in [7, 11) is 0. The second-order valence-corrected chi connectivity index (χ2v) is 6.05. The molecule has 1 nitrogen and oxygen atoms in total. The van der Waals surface area contributed by atoms with Gasteiger partial charge in [0, 0.05) is 19.3 Å². The summed E-state index contributed by atoms with van der Waals surface area (Å²) < 4.78 is 26.5. The third kappa shape index (κ3) is 3.63. The van der Waals surface area contributed by atoms with Gasteiger partial charge in [0.15, 0.2) is 5.78 Å². The molecular formula is C15H22F2O. The van der Waals surface area contributed by atoms with E-state index in [2.05, 4.69) is 6.92 Å². The first-order valence-corrected chi connectivity index (χ1v) is 7.06. The van der Waals surface area contributed by atoms with Gasteiger partial charge in [0.25, 0.3) is 0 Å². The van der Waals surface area contributed by atoms with E-state index in [-0.39, 0.29) is 24.5 Å². The van der Waals surface area contributed by atoms with Gasteiger partial charge in [-0.05, 0) is 49.5 Å². The van der Waals surface area contributed by atoms with E-state index in [1.54, 1.807) is 0 Å². The molecule has 0 aromatic rings. The highest BCUT2D eigenvalue weighted by Gasteiger charge is 2.37. The first-order valence-electron chi connectivity index (χ1n) is 7.06. The monoisotopic (exact) mass is 256 g/mol. The number of alkyl halides is 2. The van der Waals surface area contributed by atoms with Crippen molar-refractivity contribution < 1.29 is 13.6 Å². The Bertz CT molecular complexity index is 346. The van der Waals surface area contributed by atoms with Gasteiger partial charge in [-0.15, -0.1) is 0 Å². The van der Waals surface area contributed by atoms with E-state index in [0.29, 0.717) is 18.8 Å². The van der Waals surface area contributed by atoms with Crippen molar-refractivity contribution in [2.45, 2.75) is 64.2 Å². The quantitative estimate of drug-likeness (QED) is 0.725. The van der Waals surface area contributed by atoms with Crippen molar-refractivity contribution >= 4 is 5.78 Å². The van der Waals surface area contributed by atoms with Crippen LogP contribution < -0.4 is 0 Å². The van der Waals surface area contributed by atoms with E-state index in [0.717, 1.165) is 31.3 Å². The highest BCUT2D eigenvalue weighted by atomic mass is 19.3. The van der Waals surface area contributed by atoms with Crippen LogP contribution in [0.4, 0.5) is 8.78 Å². The van der Waals surface area contributed by atoms with Crippen molar-refractivity contribution in [2.24, 2.45) is 11.8 Å². The van der Waals surface area contributed by atoms with Crippen LogP contribution in [-0.4, -0.2) is 11.7 Å². The Hall–Kier alpha value is -0.730. The summed E-state index contributed by atoms with van der Waals surface area (Å²) in [6, 6.07) is 0. The Morgan fingerprint density at radius 2 is 2.22 bits per heavy atom. The van der Waals surface area contributed by atoms with E-state index in [1.165, 1.54) is 0 Å². The molecular weight excluding hydrogens is 234 g/mol. The molecule has 0 heterocycles. The molecule has 0 bridgehead atoms. The number of allylic oxidation sites excluding steroid dienone is 2. The van der Waals surface area contributed by atoms with Gasteiger partial charge >= 0.3 is 0 Å². The standard InChI is InChI=1S/C15H22F2O/c1-11-4-6-13(7-5-11)14(18)9-12-3-2-8-15(16,17)10-12/h6,11-12H,2-5,7-10H2,1H3. The predicted octanol–water partition coefficient (Wildman–Crippen LogP) is 4.52. The van der Waals surface area contributed by atoms with Gasteiger partial charge in [-0.25, -0.2) is 8.78 Å². The molecule has 1 fully saturated rings. The summed E-state index contributed by atoms with van der Waals surface area (Å²) in [5.41, 5.74) is 0.891. The smallest absolute Gasteiger partial charge is 0.248 e. The zero-order valence-corrected chi connectivity index (χ0v) is 11.1. The Morgan fingerprint density at radius 3 is 2.83 bits per heavy atom. The van der Waals surface area contributed by atoms with Crippen LogP contribution in [0, 0.1) is 11.8 Å². The molecule has 18 heavy (non-hydrogen) atoms. The maximum atomic E-state index is 13.3. The lowest BCUT2D eigenvalue weighted by atomic mass is 9.80. The third-order valence-electron chi connectivity index (χ3n) is 4.25. The van der Waals surface area contributed by atoms with Crippen LogP contribution in [-0.2, 0) is 4.79 Å². The molecule has 2 atom stereocenters. The molecule has 102 valence electrons. The molecule has 0 N–H and O–H groups in total. The first kappa shape index (κ1) is 13.7. The fourth-order valence-corrected chi connectivity index (χ4v) is 3.06. The van der Waals surface area contributed by atoms with Crippen molar-refractivity contribution in [1.29, 1.82) is 0 Å². The van der Waals surface area contributed by atoms with Crippen molar-refractivity contribution in [3.63, 3.8) is 0 Å². The molecule has 0 aromatic carbocycles. The maximum absolute atomic E-state index is 13.3. The van der Waals surface area contributed by atoms with Gasteiger partial charge in [-0.2, -0.15) is 0 Å². The van der Waals surface area contributed by atoms with Crippen molar-refractivity contribution in [3.05, 3.63) is 11.6 Å². The van der Waals surface area contributed by atoms with E-state index < -0.39 is 5.92 Å². The molecule has 2 unspecified atom stereocenters. The molecule has 2 rings (SSSR count). The minimum atomic E-state index is -2.54. The molecule has 1 saturated carbocycles. The zero-order chi connectivity index (χ0) is 13.2. The molecule has 2 aliphatic rings. The summed E-state index contributed by atoms with van der Waals surface area (Å²) in [5, 5.41) is 0. The fraction of sp³-hybridized carbons (Fsp3) is 0.800. The Labute approximate surface area is 108 Å². The van der Waals surface area contributed by atoms with Gasteiger partial charge in [0.2, 0.25) is 5.92 Å². The van der Waals surface area contributed by atoms with Crippen molar-refractivity contribution in [2.75, 3.05) is 0 Å². The van der Waals surface area contributed by atoms with Crippen LogP contribution in [0.3, 0.4) is 0 Å². The molecule has 2 aliphatic carbocycles. The molecule has 0 saturated heterocycles. The molecule has 0 spiro atoms. The Kier molecular flexibility index (Phi) is 4.18. The van der Waals surface area contributed by atoms with Crippen LogP contribution in [0.1, 0.15) is 58.3 Å². The number of halogens is 2. The molecule has 0 aliphatic heterocycles. The average Bonchev–Trinajstić information content (AvgIpc) is 2.28. The minimum absolute atomic E-state index is 0.00208. The molecule has 0 radical (unpaired) electrons. The largest absolute Gasteiger partial charge is 0.295 e. The number of Topliss-reactive ketones (excluding diaryl/α,β-unsaturated/α-hetero) is 1. The number of ketones is 1. The predicted molar refractivity (Wildman–Crippen MR) is 67.6 cm³/mol. The number of carbonyl (C=O) groups is 1. The molecule has 0 aromatic heterocycles. The number of hydrogen-bond donors (Lipinski definition) is 0. The highest BCUT2D eigenvalue weighted by Crippen LogP contribution is 2.38. The summed E-state index contributed by atoms with van der Waals surface area (Å²) in [6.45, 7) is 2.18. The third-order valence-corrected chi connectivity index (χ3v) is 4.25. The average molecular weight is 256 g/mol. The maximum Gasteiger partial charge on any atom is 0.248 e. The molecule has 3 heteroatoms. The van der Waals surface area contributed by atoms with Crippen LogP contribution in [0.25, 0.3) is 0 Å². The number of hydrogen-bond acceptors (Lipinski definition) is 1. The Morgan fingerprint density at radius 1 is 1.44 bits per heavy atom. The minimum Gasteiger partial charge on any atom is -0.295 e. The second kappa shape index (κ2) is 5.50. The van der Waals surface area contributed by atoms with Gasteiger partial charge in [0.1, 0.15) is 0 Å². The number of rotatable bonds is 3. The van der Waals surface area contributed by atoms with Crippen LogP contribution in [0.5, 0.6) is 0 Å². The normalized spacial score (nSPS) is 31.8. The van der Waals surface area contributed by atoms with Gasteiger partial charge in [-0.3, -0.25) is 4.79 Å². The first-order chi connectivity index (χ1) is 8.46. The summed E-state index contributed by atoms with van der Waals surface area (Å²) in [5.74, 6) is -1.88. The van der Waals surface area contributed by atoms with Gasteiger partial charge < -0.3 is 0 Å². The van der Waals surface area contributed by atoms with Crippen molar-refractivity contribution in [1.82, 2.24) is 0 Å². The fourth-order valence-electron chi connectivity index (χ4n) is 3.06. The van der Waals surface area contributed by atoms with E-state index in [4.69, 9.17) is 0 Å². The van der Waals surface area contributed by atoms with Gasteiger partial charge in [-0.1, -0.05) is 13.0 Å². The summed E-state index contributed by atoms with van der Waals surface area (Å²) in [4.78, 5) is 12.1. The van der Waals surface area contributed by atoms with Gasteiger partial charge in [0.05, 0.1) is 0 Å². The zero-order valence-electron chi connectivity index (χ0n) is 11.1. The molecule has 0 amide bonds. The highest BCUT2D eigenvalue weighted by molar-refractivity contribution is 5.95. The lowest BCUT2D eigenvalue weighted by Gasteiger charge is -2.29. The van der Waals surface area contributed by atoms with Crippen LogP contribution in [0.15, 0.2) is 11.6 Å². The van der Waals surface area contributed by atoms with E-state index in [1.807, 2.05) is 6.08 Å². The van der Waals surface area contributed by atoms with E-state index >= 15 is 0 Å². The summed E-state index contributed by atoms with van der Waals surface area (Å²) >= 11 is 0. The Balaban J connectivity index is 1.87.